The van der Waals surface area contributed by atoms with Gasteiger partial charge < -0.3 is 15.6 Å². The topological polar surface area (TPSA) is 144 Å². The molecular formula is C18H21Cl2N5O5S. The first-order valence-corrected chi connectivity index (χ1v) is 11.4. The summed E-state index contributed by atoms with van der Waals surface area (Å²) in [6, 6.07) is 4.26. The summed E-state index contributed by atoms with van der Waals surface area (Å²) in [5.74, 6) is -2.96. The third-order valence-corrected chi connectivity index (χ3v) is 7.59. The molecule has 1 aromatic carbocycles. The van der Waals surface area contributed by atoms with Crippen molar-refractivity contribution < 1.29 is 22.8 Å². The number of fused-ring (bicyclic) bond motifs is 1. The average molecular weight is 490 g/mol. The number of nitrogens with one attached hydrogen (secondary N) is 2. The van der Waals surface area contributed by atoms with Gasteiger partial charge in [0.15, 0.2) is 0 Å². The van der Waals surface area contributed by atoms with Crippen LogP contribution in [0.3, 0.4) is 0 Å². The van der Waals surface area contributed by atoms with E-state index < -0.39 is 39.9 Å². The molecule has 168 valence electrons. The second-order valence-electron chi connectivity index (χ2n) is 7.28. The summed E-state index contributed by atoms with van der Waals surface area (Å²) < 4.78 is 29.0. The Morgan fingerprint density at radius 3 is 2.52 bits per heavy atom. The number of piperidine rings is 1. The Morgan fingerprint density at radius 2 is 1.90 bits per heavy atom. The van der Waals surface area contributed by atoms with Crippen molar-refractivity contribution in [2.45, 2.75) is 19.4 Å². The van der Waals surface area contributed by atoms with Gasteiger partial charge in [-0.15, -0.1) is 0 Å². The van der Waals surface area contributed by atoms with Gasteiger partial charge in [-0.3, -0.25) is 14.4 Å². The zero-order valence-electron chi connectivity index (χ0n) is 16.7. The van der Waals surface area contributed by atoms with Crippen molar-refractivity contribution >= 4 is 62.0 Å². The highest BCUT2D eigenvalue weighted by atomic mass is 35.5. The fourth-order valence-corrected chi connectivity index (χ4v) is 5.23. The van der Waals surface area contributed by atoms with Gasteiger partial charge in [0, 0.05) is 44.0 Å². The molecule has 0 unspecified atom stereocenters. The molecule has 1 aromatic heterocycles. The summed E-state index contributed by atoms with van der Waals surface area (Å²) >= 11 is 12.3. The maximum absolute atomic E-state index is 12.9. The largest absolute Gasteiger partial charge is 0.369 e. The van der Waals surface area contributed by atoms with Crippen LogP contribution in [0, 0.1) is 5.92 Å². The van der Waals surface area contributed by atoms with E-state index in [1.165, 1.54) is 0 Å². The monoisotopic (exact) mass is 489 g/mol. The molecule has 0 bridgehead atoms. The van der Waals surface area contributed by atoms with Crippen LogP contribution in [0.1, 0.15) is 23.8 Å². The van der Waals surface area contributed by atoms with Crippen LogP contribution in [0.25, 0.3) is 10.9 Å². The minimum Gasteiger partial charge on any atom is -0.369 e. The minimum atomic E-state index is -4.10. The molecule has 10 nitrogen and oxygen atoms in total. The second kappa shape index (κ2) is 8.65. The molecular weight excluding hydrogens is 469 g/mol. The molecule has 3 rings (SSSR count). The SMILES string of the molecule is CC(=O)NS(=O)(=O)N1CC[C@@H](NC(=O)c2cc3c(Cl)c(Cl)ccc3n2C)[C@@H](C(N)=O)C1. The smallest absolute Gasteiger partial charge is 0.303 e. The van der Waals surface area contributed by atoms with Gasteiger partial charge in [-0.05, 0) is 24.6 Å². The predicted molar refractivity (Wildman–Crippen MR) is 116 cm³/mol. The number of carbonyl (C=O) groups excluding carboxylic acids is 3. The van der Waals surface area contributed by atoms with E-state index in [1.54, 1.807) is 29.8 Å². The van der Waals surface area contributed by atoms with E-state index in [9.17, 15) is 22.8 Å². The van der Waals surface area contributed by atoms with Crippen LogP contribution in [-0.4, -0.2) is 54.1 Å². The average Bonchev–Trinajstić information content (AvgIpc) is 3.01. The molecule has 0 saturated carbocycles. The number of rotatable bonds is 5. The van der Waals surface area contributed by atoms with Crippen LogP contribution in [0.15, 0.2) is 18.2 Å². The van der Waals surface area contributed by atoms with Gasteiger partial charge in [-0.2, -0.15) is 12.7 Å². The summed E-state index contributed by atoms with van der Waals surface area (Å²) in [5, 5.41) is 4.05. The number of halogens is 2. The standard InChI is InChI=1S/C18H21Cl2N5O5S/c1-9(26)23-31(29,30)25-6-5-13(11(8-25)17(21)27)22-18(28)15-7-10-14(24(15)2)4-3-12(19)16(10)20/h3-4,7,11,13H,5-6,8H2,1-2H3,(H2,21,27)(H,22,28)(H,23,26)/t11-,13+/m0/s1. The number of nitrogens with two attached hydrogens (primary N) is 1. The predicted octanol–water partition coefficient (Wildman–Crippen LogP) is 0.772. The first-order chi connectivity index (χ1) is 14.4. The van der Waals surface area contributed by atoms with Gasteiger partial charge in [0.05, 0.1) is 16.0 Å². The molecule has 13 heteroatoms. The first-order valence-electron chi connectivity index (χ1n) is 9.24. The van der Waals surface area contributed by atoms with Crippen molar-refractivity contribution in [3.63, 3.8) is 0 Å². The fraction of sp³-hybridized carbons (Fsp3) is 0.389. The zero-order chi connectivity index (χ0) is 23.1. The van der Waals surface area contributed by atoms with Crippen molar-refractivity contribution in [1.29, 1.82) is 0 Å². The molecule has 0 aliphatic carbocycles. The lowest BCUT2D eigenvalue weighted by Crippen LogP contribution is -2.58. The Bertz CT molecular complexity index is 1180. The van der Waals surface area contributed by atoms with Crippen molar-refractivity contribution in [3.8, 4) is 0 Å². The maximum Gasteiger partial charge on any atom is 0.303 e. The highest BCUT2D eigenvalue weighted by Crippen LogP contribution is 2.32. The van der Waals surface area contributed by atoms with Crippen LogP contribution in [0.2, 0.25) is 10.0 Å². The van der Waals surface area contributed by atoms with Crippen LogP contribution in [0.5, 0.6) is 0 Å². The quantitative estimate of drug-likeness (QED) is 0.567. The second-order valence-corrected chi connectivity index (χ2v) is 9.74. The van der Waals surface area contributed by atoms with Gasteiger partial charge in [-0.1, -0.05) is 23.2 Å². The molecule has 3 amide bonds. The molecule has 2 heterocycles. The highest BCUT2D eigenvalue weighted by molar-refractivity contribution is 7.87. The van der Waals surface area contributed by atoms with Crippen molar-refractivity contribution in [2.75, 3.05) is 13.1 Å². The molecule has 0 radical (unpaired) electrons. The van der Waals surface area contributed by atoms with Gasteiger partial charge >= 0.3 is 10.2 Å². The Morgan fingerprint density at radius 1 is 1.23 bits per heavy atom. The number of nitrogens with zero attached hydrogens (tertiary/aromatic N) is 2. The highest BCUT2D eigenvalue weighted by Gasteiger charge is 2.39. The third-order valence-electron chi connectivity index (χ3n) is 5.22. The van der Waals surface area contributed by atoms with Crippen LogP contribution in [-0.2, 0) is 26.8 Å². The maximum atomic E-state index is 12.9. The summed E-state index contributed by atoms with van der Waals surface area (Å²) in [4.78, 5) is 36.1. The lowest BCUT2D eigenvalue weighted by Gasteiger charge is -2.36. The van der Waals surface area contributed by atoms with Crippen molar-refractivity contribution in [2.24, 2.45) is 18.7 Å². The van der Waals surface area contributed by atoms with E-state index in [0.717, 1.165) is 11.2 Å². The Hall–Kier alpha value is -2.34. The Kier molecular flexibility index (Phi) is 6.51. The van der Waals surface area contributed by atoms with E-state index >= 15 is 0 Å². The number of amides is 3. The first kappa shape index (κ1) is 23.3. The summed E-state index contributed by atoms with van der Waals surface area (Å²) in [7, 11) is -2.41. The van der Waals surface area contributed by atoms with Gasteiger partial charge in [0.1, 0.15) is 5.69 Å². The number of aromatic nitrogens is 1. The van der Waals surface area contributed by atoms with Crippen LogP contribution in [0.4, 0.5) is 0 Å². The zero-order valence-corrected chi connectivity index (χ0v) is 19.0. The normalized spacial score (nSPS) is 19.9. The van der Waals surface area contributed by atoms with Gasteiger partial charge in [0.2, 0.25) is 11.8 Å². The minimum absolute atomic E-state index is 0.00606. The van der Waals surface area contributed by atoms with Gasteiger partial charge in [-0.25, -0.2) is 4.72 Å². The number of primary amides is 1. The molecule has 31 heavy (non-hydrogen) atoms. The van der Waals surface area contributed by atoms with E-state index in [1.807, 2.05) is 4.72 Å². The van der Waals surface area contributed by atoms with Crippen molar-refractivity contribution in [3.05, 3.63) is 33.9 Å². The fourth-order valence-electron chi connectivity index (χ4n) is 3.66. The van der Waals surface area contributed by atoms with E-state index in [-0.39, 0.29) is 25.2 Å². The lowest BCUT2D eigenvalue weighted by molar-refractivity contribution is -0.123. The van der Waals surface area contributed by atoms with Crippen LogP contribution < -0.4 is 15.8 Å². The molecule has 1 aliphatic heterocycles. The third kappa shape index (κ3) is 4.64. The molecule has 2 atom stereocenters. The molecule has 0 spiro atoms. The number of carbonyl (C=O) groups is 3. The molecule has 1 aliphatic rings. The number of aryl methyl sites for hydroxylation is 1. The van der Waals surface area contributed by atoms with Gasteiger partial charge in [0.25, 0.3) is 5.91 Å². The lowest BCUT2D eigenvalue weighted by atomic mass is 9.92. The Labute approximate surface area is 188 Å². The summed E-state index contributed by atoms with van der Waals surface area (Å²) in [6.45, 7) is 0.798. The molecule has 1 saturated heterocycles. The van der Waals surface area contributed by atoms with Crippen LogP contribution >= 0.6 is 23.2 Å². The van der Waals surface area contributed by atoms with E-state index in [0.29, 0.717) is 20.9 Å². The number of benzene rings is 1. The summed E-state index contributed by atoms with van der Waals surface area (Å²) in [5.41, 5.74) is 6.45. The summed E-state index contributed by atoms with van der Waals surface area (Å²) in [6.07, 6.45) is 0.134. The van der Waals surface area contributed by atoms with E-state index in [4.69, 9.17) is 28.9 Å². The Balaban J connectivity index is 1.82. The number of hydrogen-bond acceptors (Lipinski definition) is 5. The number of hydrogen-bond donors (Lipinski definition) is 3. The van der Waals surface area contributed by atoms with E-state index in [2.05, 4.69) is 5.32 Å². The molecule has 2 aromatic rings. The van der Waals surface area contributed by atoms with Crippen molar-refractivity contribution in [1.82, 2.24) is 18.9 Å². The molecule has 1 fully saturated rings. The molecule has 4 N–H and O–H groups in total.